The van der Waals surface area contributed by atoms with Gasteiger partial charge in [0.2, 0.25) is 10.0 Å². The van der Waals surface area contributed by atoms with Crippen molar-refractivity contribution in [1.29, 1.82) is 0 Å². The molecule has 2 aromatic rings. The van der Waals surface area contributed by atoms with E-state index >= 15 is 0 Å². The topological polar surface area (TPSA) is 108 Å². The van der Waals surface area contributed by atoms with Crippen LogP contribution < -0.4 is 15.2 Å². The van der Waals surface area contributed by atoms with Gasteiger partial charge in [0.05, 0.1) is 17.1 Å². The zero-order valence-corrected chi connectivity index (χ0v) is 19.6. The van der Waals surface area contributed by atoms with Crippen LogP contribution in [0.3, 0.4) is 0 Å². The Morgan fingerprint density at radius 2 is 1.85 bits per heavy atom. The van der Waals surface area contributed by atoms with E-state index in [4.69, 9.17) is 14.6 Å². The van der Waals surface area contributed by atoms with Gasteiger partial charge in [-0.25, -0.2) is 22.7 Å². The van der Waals surface area contributed by atoms with Crippen LogP contribution in [0.15, 0.2) is 41.3 Å². The van der Waals surface area contributed by atoms with Gasteiger partial charge in [-0.2, -0.15) is 0 Å². The van der Waals surface area contributed by atoms with Crippen molar-refractivity contribution in [3.05, 3.63) is 58.9 Å². The molecule has 2 aliphatic rings. The van der Waals surface area contributed by atoms with Gasteiger partial charge in [0.1, 0.15) is 17.2 Å². The van der Waals surface area contributed by atoms with Crippen LogP contribution in [0.4, 0.5) is 4.39 Å². The number of carbonyl (C=O) groups excluding carboxylic acids is 1. The Bertz CT molecular complexity index is 1140. The summed E-state index contributed by atoms with van der Waals surface area (Å²) < 4.78 is 49.3. The molecule has 0 radical (unpaired) electrons. The van der Waals surface area contributed by atoms with E-state index in [0.717, 1.165) is 37.1 Å². The molecule has 3 N–H and O–H groups in total. The van der Waals surface area contributed by atoms with Gasteiger partial charge in [-0.1, -0.05) is 12.1 Å². The highest BCUT2D eigenvalue weighted by Gasteiger charge is 2.32. The fraction of sp³-hybridized carbons (Fsp3) is 0.458. The molecule has 0 atom stereocenters. The summed E-state index contributed by atoms with van der Waals surface area (Å²) in [5, 5.41) is 8.31. The van der Waals surface area contributed by atoms with Crippen LogP contribution >= 0.6 is 0 Å². The summed E-state index contributed by atoms with van der Waals surface area (Å²) in [6, 6.07) is 8.91. The molecular weight excluding hydrogens is 447 g/mol. The van der Waals surface area contributed by atoms with Gasteiger partial charge in [0.15, 0.2) is 0 Å². The number of primary sulfonamides is 1. The molecule has 2 aromatic carbocycles. The monoisotopic (exact) mass is 476 g/mol. The van der Waals surface area contributed by atoms with Crippen LogP contribution in [0.1, 0.15) is 54.1 Å². The molecule has 1 aliphatic heterocycles. The van der Waals surface area contributed by atoms with Gasteiger partial charge >= 0.3 is 5.97 Å². The average molecular weight is 477 g/mol. The van der Waals surface area contributed by atoms with E-state index in [1.165, 1.54) is 18.2 Å². The maximum absolute atomic E-state index is 14.9. The first kappa shape index (κ1) is 23.7. The first-order chi connectivity index (χ1) is 15.5. The fourth-order valence-electron chi connectivity index (χ4n) is 3.87. The number of rotatable bonds is 9. The van der Waals surface area contributed by atoms with E-state index in [1.807, 2.05) is 0 Å². The minimum Gasteiger partial charge on any atom is -0.493 e. The zero-order chi connectivity index (χ0) is 23.8. The molecule has 33 heavy (non-hydrogen) atoms. The van der Waals surface area contributed by atoms with Crippen LogP contribution in [0.25, 0.3) is 0 Å². The third kappa shape index (κ3) is 5.90. The van der Waals surface area contributed by atoms with Crippen molar-refractivity contribution in [3.63, 3.8) is 0 Å². The van der Waals surface area contributed by atoms with Gasteiger partial charge in [-0.3, -0.25) is 0 Å². The number of halogens is 1. The van der Waals surface area contributed by atoms with Crippen molar-refractivity contribution in [2.24, 2.45) is 11.1 Å². The Balaban J connectivity index is 1.46. The Morgan fingerprint density at radius 1 is 1.18 bits per heavy atom. The molecule has 0 bridgehead atoms. The van der Waals surface area contributed by atoms with E-state index in [-0.39, 0.29) is 16.4 Å². The van der Waals surface area contributed by atoms with Crippen molar-refractivity contribution >= 4 is 16.0 Å². The number of esters is 1. The van der Waals surface area contributed by atoms with Crippen LogP contribution in [-0.2, 0) is 21.2 Å². The fourth-order valence-corrected chi connectivity index (χ4v) is 4.39. The number of nitrogens with one attached hydrogen (secondary N) is 1. The van der Waals surface area contributed by atoms with Gasteiger partial charge in [-0.05, 0) is 61.9 Å². The van der Waals surface area contributed by atoms with Crippen LogP contribution in [0.2, 0.25) is 0 Å². The second-order valence-corrected chi connectivity index (χ2v) is 11.1. The summed E-state index contributed by atoms with van der Waals surface area (Å²) in [5.74, 6) is -0.205. The number of nitrogens with two attached hydrogens (primary N) is 1. The highest BCUT2D eigenvalue weighted by molar-refractivity contribution is 7.89. The first-order valence-corrected chi connectivity index (χ1v) is 12.6. The summed E-state index contributed by atoms with van der Waals surface area (Å²) in [4.78, 5) is 12.9. The third-order valence-corrected chi connectivity index (χ3v) is 6.86. The Kier molecular flexibility index (Phi) is 6.48. The van der Waals surface area contributed by atoms with Crippen molar-refractivity contribution in [2.75, 3.05) is 19.7 Å². The molecular formula is C24H29FN2O5S. The lowest BCUT2D eigenvalue weighted by molar-refractivity contribution is -0.00114. The van der Waals surface area contributed by atoms with Crippen molar-refractivity contribution in [2.45, 2.75) is 49.5 Å². The summed E-state index contributed by atoms with van der Waals surface area (Å²) >= 11 is 0. The van der Waals surface area contributed by atoms with E-state index < -0.39 is 27.4 Å². The molecule has 178 valence electrons. The maximum Gasteiger partial charge on any atom is 0.341 e. The standard InChI is InChI=1S/C24H29FN2O5S/c1-24(2,11-15-3-7-18(8-4-15)33(26,29)30)32-23(28)20-9-19(17-5-6-17)22(10-21(20)25)31-14-16-12-27-13-16/h3-4,7-10,16-17,27H,5-6,11-14H2,1-2H3,(H2,26,29,30). The van der Waals surface area contributed by atoms with Gasteiger partial charge in [0, 0.05) is 31.5 Å². The van der Waals surface area contributed by atoms with Gasteiger partial charge < -0.3 is 14.8 Å². The molecule has 9 heteroatoms. The molecule has 2 fully saturated rings. The van der Waals surface area contributed by atoms with Crippen molar-refractivity contribution in [3.8, 4) is 5.75 Å². The number of benzene rings is 2. The predicted octanol–water partition coefficient (Wildman–Crippen LogP) is 3.13. The van der Waals surface area contributed by atoms with Gasteiger partial charge in [-0.15, -0.1) is 0 Å². The van der Waals surface area contributed by atoms with E-state index in [1.54, 1.807) is 32.0 Å². The van der Waals surface area contributed by atoms with E-state index in [0.29, 0.717) is 24.7 Å². The first-order valence-electron chi connectivity index (χ1n) is 11.0. The normalized spacial score (nSPS) is 16.8. The molecule has 1 saturated carbocycles. The number of carbonyl (C=O) groups is 1. The molecule has 0 amide bonds. The smallest absolute Gasteiger partial charge is 0.341 e. The summed E-state index contributed by atoms with van der Waals surface area (Å²) in [6.45, 7) is 5.76. The summed E-state index contributed by atoms with van der Waals surface area (Å²) in [6.07, 6.45) is 2.29. The number of ether oxygens (including phenoxy) is 2. The lowest BCUT2D eigenvalue weighted by Gasteiger charge is -2.27. The molecule has 0 spiro atoms. The molecule has 1 heterocycles. The minimum absolute atomic E-state index is 0.00612. The number of hydrogen-bond donors (Lipinski definition) is 2. The summed E-state index contributed by atoms with van der Waals surface area (Å²) in [7, 11) is -3.78. The largest absolute Gasteiger partial charge is 0.493 e. The SMILES string of the molecule is CC(C)(Cc1ccc(S(N)(=O)=O)cc1)OC(=O)c1cc(C2CC2)c(OCC2CNC2)cc1F. The van der Waals surface area contributed by atoms with Crippen molar-refractivity contribution in [1.82, 2.24) is 5.32 Å². The maximum atomic E-state index is 14.9. The van der Waals surface area contributed by atoms with Crippen LogP contribution in [0.5, 0.6) is 5.75 Å². The van der Waals surface area contributed by atoms with Crippen LogP contribution in [0, 0.1) is 11.7 Å². The molecule has 0 unspecified atom stereocenters. The second-order valence-electron chi connectivity index (χ2n) is 9.49. The average Bonchev–Trinajstić information content (AvgIpc) is 3.51. The Hall–Kier alpha value is -2.49. The van der Waals surface area contributed by atoms with E-state index in [2.05, 4.69) is 5.32 Å². The lowest BCUT2D eigenvalue weighted by atomic mass is 9.98. The molecule has 1 aliphatic carbocycles. The lowest BCUT2D eigenvalue weighted by Crippen LogP contribution is -2.45. The summed E-state index contributed by atoms with van der Waals surface area (Å²) in [5.41, 5.74) is 0.562. The van der Waals surface area contributed by atoms with Crippen molar-refractivity contribution < 1.29 is 27.1 Å². The third-order valence-electron chi connectivity index (χ3n) is 5.93. The number of sulfonamides is 1. The predicted molar refractivity (Wildman–Crippen MR) is 121 cm³/mol. The Morgan fingerprint density at radius 3 is 2.39 bits per heavy atom. The second kappa shape index (κ2) is 9.04. The number of hydrogen-bond acceptors (Lipinski definition) is 6. The van der Waals surface area contributed by atoms with Crippen LogP contribution in [-0.4, -0.2) is 39.7 Å². The quantitative estimate of drug-likeness (QED) is 0.539. The zero-order valence-electron chi connectivity index (χ0n) is 18.8. The highest BCUT2D eigenvalue weighted by atomic mass is 32.2. The molecule has 1 saturated heterocycles. The molecule has 7 nitrogen and oxygen atoms in total. The van der Waals surface area contributed by atoms with E-state index in [9.17, 15) is 17.6 Å². The molecule has 0 aromatic heterocycles. The minimum atomic E-state index is -3.78. The highest BCUT2D eigenvalue weighted by Crippen LogP contribution is 2.45. The Labute approximate surface area is 193 Å². The van der Waals surface area contributed by atoms with Gasteiger partial charge in [0.25, 0.3) is 0 Å². The molecule has 4 rings (SSSR count).